The van der Waals surface area contributed by atoms with Crippen LogP contribution in [0, 0.1) is 0 Å². The van der Waals surface area contributed by atoms with Gasteiger partial charge < -0.3 is 10.1 Å². The zero-order chi connectivity index (χ0) is 20.3. The summed E-state index contributed by atoms with van der Waals surface area (Å²) >= 11 is 6.83. The number of fused-ring (bicyclic) bond motifs is 1. The van der Waals surface area contributed by atoms with Crippen LogP contribution in [0.25, 0.3) is 0 Å². The molecule has 1 aromatic carbocycles. The summed E-state index contributed by atoms with van der Waals surface area (Å²) in [5.74, 6) is -0.254. The first-order chi connectivity index (χ1) is 13.4. The number of methoxy groups -OCH3 is 1. The van der Waals surface area contributed by atoms with Crippen LogP contribution in [0.15, 0.2) is 24.3 Å². The van der Waals surface area contributed by atoms with E-state index < -0.39 is 0 Å². The third-order valence-electron chi connectivity index (χ3n) is 4.85. The molecule has 3 rings (SSSR count). The molecule has 1 aromatic heterocycles. The number of benzene rings is 1. The molecule has 2 aromatic rings. The average Bonchev–Trinajstić information content (AvgIpc) is 3.04. The summed E-state index contributed by atoms with van der Waals surface area (Å²) < 4.78 is 4.96. The fourth-order valence-electron chi connectivity index (χ4n) is 3.30. The summed E-state index contributed by atoms with van der Waals surface area (Å²) in [6.07, 6.45) is 3.98. The number of esters is 1. The Balaban J connectivity index is 1.73. The summed E-state index contributed by atoms with van der Waals surface area (Å²) in [5, 5.41) is 6.53. The van der Waals surface area contributed by atoms with Gasteiger partial charge in [-0.1, -0.05) is 26.0 Å². The number of thiophene rings is 1. The van der Waals surface area contributed by atoms with E-state index in [0.29, 0.717) is 22.0 Å². The van der Waals surface area contributed by atoms with Crippen molar-refractivity contribution in [3.8, 4) is 0 Å². The lowest BCUT2D eigenvalue weighted by Gasteiger charge is -2.12. The Morgan fingerprint density at radius 3 is 2.46 bits per heavy atom. The van der Waals surface area contributed by atoms with Crippen molar-refractivity contribution in [2.24, 2.45) is 0 Å². The second kappa shape index (κ2) is 8.84. The molecule has 0 saturated carbocycles. The standard InChI is InChI=1S/C21H24N2O3S2/c1-12(2)13-8-10-14(11-9-13)18(24)22-21(27)23-19-17(20(25)26-3)15-6-4-5-7-16(15)28-19/h8-12H,4-7H2,1-3H3,(H2,22,23,24,27). The third kappa shape index (κ3) is 4.42. The van der Waals surface area contributed by atoms with Crippen LogP contribution in [0.2, 0.25) is 0 Å². The maximum absolute atomic E-state index is 12.5. The molecule has 5 nitrogen and oxygen atoms in total. The molecule has 1 aliphatic rings. The molecule has 0 bridgehead atoms. The first kappa shape index (κ1) is 20.5. The zero-order valence-electron chi connectivity index (χ0n) is 16.3. The highest BCUT2D eigenvalue weighted by Gasteiger charge is 2.26. The van der Waals surface area contributed by atoms with Gasteiger partial charge in [0.2, 0.25) is 0 Å². The van der Waals surface area contributed by atoms with Crippen LogP contribution in [0.1, 0.15) is 69.3 Å². The summed E-state index contributed by atoms with van der Waals surface area (Å²) in [6.45, 7) is 4.21. The van der Waals surface area contributed by atoms with Crippen LogP contribution in [0.4, 0.5) is 5.00 Å². The highest BCUT2D eigenvalue weighted by molar-refractivity contribution is 7.80. The molecule has 0 atom stereocenters. The smallest absolute Gasteiger partial charge is 0.341 e. The summed E-state index contributed by atoms with van der Waals surface area (Å²) in [4.78, 5) is 25.9. The zero-order valence-corrected chi connectivity index (χ0v) is 17.9. The van der Waals surface area contributed by atoms with Gasteiger partial charge in [0, 0.05) is 10.4 Å². The molecule has 148 valence electrons. The number of anilines is 1. The number of carbonyl (C=O) groups is 2. The molecule has 7 heteroatoms. The van der Waals surface area contributed by atoms with Crippen LogP contribution in [0.5, 0.6) is 0 Å². The van der Waals surface area contributed by atoms with Gasteiger partial charge in [-0.2, -0.15) is 0 Å². The van der Waals surface area contributed by atoms with Crippen molar-refractivity contribution in [2.75, 3.05) is 12.4 Å². The molecule has 0 spiro atoms. The second-order valence-corrected chi connectivity index (χ2v) is 8.60. The van der Waals surface area contributed by atoms with E-state index in [4.69, 9.17) is 17.0 Å². The molecule has 0 radical (unpaired) electrons. The maximum Gasteiger partial charge on any atom is 0.341 e. The average molecular weight is 417 g/mol. The van der Waals surface area contributed by atoms with Crippen molar-refractivity contribution in [3.63, 3.8) is 0 Å². The van der Waals surface area contributed by atoms with Crippen LogP contribution < -0.4 is 10.6 Å². The Labute approximate surface area is 174 Å². The fraction of sp³-hybridized carbons (Fsp3) is 0.381. The number of hydrogen-bond donors (Lipinski definition) is 2. The van der Waals surface area contributed by atoms with E-state index in [9.17, 15) is 9.59 Å². The molecule has 1 heterocycles. The minimum Gasteiger partial charge on any atom is -0.465 e. The van der Waals surface area contributed by atoms with Crippen molar-refractivity contribution in [2.45, 2.75) is 45.4 Å². The van der Waals surface area contributed by atoms with E-state index in [1.807, 2.05) is 12.1 Å². The molecular formula is C21H24N2O3S2. The number of nitrogens with one attached hydrogen (secondary N) is 2. The normalized spacial score (nSPS) is 13.0. The fourth-order valence-corrected chi connectivity index (χ4v) is 4.84. The molecular weight excluding hydrogens is 392 g/mol. The summed E-state index contributed by atoms with van der Waals surface area (Å²) in [6, 6.07) is 7.46. The van der Waals surface area contributed by atoms with Gasteiger partial charge in [0.1, 0.15) is 5.00 Å². The number of rotatable bonds is 4. The van der Waals surface area contributed by atoms with Gasteiger partial charge >= 0.3 is 5.97 Å². The van der Waals surface area contributed by atoms with Crippen molar-refractivity contribution >= 4 is 45.5 Å². The Bertz CT molecular complexity index is 901. The molecule has 28 heavy (non-hydrogen) atoms. The largest absolute Gasteiger partial charge is 0.465 e. The van der Waals surface area contributed by atoms with Crippen molar-refractivity contribution in [1.29, 1.82) is 0 Å². The van der Waals surface area contributed by atoms with Gasteiger partial charge in [-0.25, -0.2) is 4.79 Å². The predicted octanol–water partition coefficient (Wildman–Crippen LogP) is 4.66. The van der Waals surface area contributed by atoms with Gasteiger partial charge in [0.25, 0.3) is 5.91 Å². The first-order valence-electron chi connectivity index (χ1n) is 9.35. The van der Waals surface area contributed by atoms with Crippen LogP contribution in [-0.4, -0.2) is 24.1 Å². The van der Waals surface area contributed by atoms with E-state index in [1.54, 1.807) is 12.1 Å². The van der Waals surface area contributed by atoms with E-state index in [0.717, 1.165) is 31.2 Å². The summed E-state index contributed by atoms with van der Waals surface area (Å²) in [7, 11) is 1.37. The molecule has 0 fully saturated rings. The number of carbonyl (C=O) groups excluding carboxylic acids is 2. The van der Waals surface area contributed by atoms with Gasteiger partial charge in [-0.3, -0.25) is 10.1 Å². The van der Waals surface area contributed by atoms with Crippen LogP contribution in [-0.2, 0) is 17.6 Å². The van der Waals surface area contributed by atoms with Crippen molar-refractivity contribution in [1.82, 2.24) is 5.32 Å². The predicted molar refractivity (Wildman–Crippen MR) is 117 cm³/mol. The van der Waals surface area contributed by atoms with E-state index in [2.05, 4.69) is 24.5 Å². The van der Waals surface area contributed by atoms with Gasteiger partial charge in [0.15, 0.2) is 5.11 Å². The number of thiocarbonyl (C=S) groups is 1. The summed E-state index contributed by atoms with van der Waals surface area (Å²) in [5.41, 5.74) is 3.29. The van der Waals surface area contributed by atoms with Gasteiger partial charge in [0.05, 0.1) is 12.7 Å². The molecule has 2 N–H and O–H groups in total. The molecule has 0 unspecified atom stereocenters. The van der Waals surface area contributed by atoms with E-state index in [-0.39, 0.29) is 17.0 Å². The highest BCUT2D eigenvalue weighted by Crippen LogP contribution is 2.38. The number of amides is 1. The van der Waals surface area contributed by atoms with Crippen LogP contribution >= 0.6 is 23.6 Å². The van der Waals surface area contributed by atoms with Crippen LogP contribution in [0.3, 0.4) is 0 Å². The maximum atomic E-state index is 12.5. The topological polar surface area (TPSA) is 67.4 Å². The molecule has 0 saturated heterocycles. The lowest BCUT2D eigenvalue weighted by molar-refractivity contribution is 0.0601. The lowest BCUT2D eigenvalue weighted by Crippen LogP contribution is -2.34. The van der Waals surface area contributed by atoms with Crippen molar-refractivity contribution in [3.05, 3.63) is 51.4 Å². The van der Waals surface area contributed by atoms with Gasteiger partial charge in [-0.05, 0) is 67.1 Å². The Hall–Kier alpha value is -2.25. The lowest BCUT2D eigenvalue weighted by atomic mass is 9.95. The number of aryl methyl sites for hydroxylation is 1. The number of ether oxygens (including phenoxy) is 1. The third-order valence-corrected chi connectivity index (χ3v) is 6.27. The Kier molecular flexibility index (Phi) is 6.46. The SMILES string of the molecule is COC(=O)c1c(NC(=S)NC(=O)c2ccc(C(C)C)cc2)sc2c1CCCC2. The monoisotopic (exact) mass is 416 g/mol. The van der Waals surface area contributed by atoms with E-state index >= 15 is 0 Å². The minimum atomic E-state index is -0.375. The molecule has 1 aliphatic carbocycles. The van der Waals surface area contributed by atoms with Gasteiger partial charge in [-0.15, -0.1) is 11.3 Å². The Morgan fingerprint density at radius 1 is 1.14 bits per heavy atom. The first-order valence-corrected chi connectivity index (χ1v) is 10.6. The highest BCUT2D eigenvalue weighted by atomic mass is 32.1. The van der Waals surface area contributed by atoms with E-state index in [1.165, 1.54) is 28.9 Å². The second-order valence-electron chi connectivity index (χ2n) is 7.09. The Morgan fingerprint density at radius 2 is 1.82 bits per heavy atom. The molecule has 0 aliphatic heterocycles. The quantitative estimate of drug-likeness (QED) is 0.560. The van der Waals surface area contributed by atoms with Crippen molar-refractivity contribution < 1.29 is 14.3 Å². The number of hydrogen-bond acceptors (Lipinski definition) is 5. The molecule has 1 amide bonds. The minimum absolute atomic E-state index is 0.168.